The molecule has 7 heteroatoms. The van der Waals surface area contributed by atoms with Gasteiger partial charge < -0.3 is 14.5 Å². The number of aromatic nitrogens is 1. The average Bonchev–Trinajstić information content (AvgIpc) is 3.14. The topological polar surface area (TPSA) is 92.5 Å². The van der Waals surface area contributed by atoms with Crippen LogP contribution in [0.5, 0.6) is 11.5 Å². The van der Waals surface area contributed by atoms with E-state index in [-0.39, 0.29) is 6.61 Å². The zero-order valence-corrected chi connectivity index (χ0v) is 15.9. The van der Waals surface area contributed by atoms with Crippen LogP contribution >= 0.6 is 0 Å². The molecule has 3 aromatic rings. The largest absolute Gasteiger partial charge is 0.494 e. The Morgan fingerprint density at radius 2 is 1.82 bits per heavy atom. The summed E-state index contributed by atoms with van der Waals surface area (Å²) < 4.78 is 11.0. The van der Waals surface area contributed by atoms with Crippen LogP contribution in [0.1, 0.15) is 29.9 Å². The highest BCUT2D eigenvalue weighted by Gasteiger charge is 2.12. The second kappa shape index (κ2) is 8.94. The van der Waals surface area contributed by atoms with Gasteiger partial charge in [-0.2, -0.15) is 0 Å². The van der Waals surface area contributed by atoms with Crippen molar-refractivity contribution in [3.63, 3.8) is 0 Å². The average molecular weight is 381 g/mol. The summed E-state index contributed by atoms with van der Waals surface area (Å²) in [5.41, 5.74) is 6.87. The number of hydrogen-bond acceptors (Lipinski definition) is 4. The van der Waals surface area contributed by atoms with Crippen molar-refractivity contribution >= 4 is 22.7 Å². The monoisotopic (exact) mass is 381 g/mol. The van der Waals surface area contributed by atoms with Crippen molar-refractivity contribution in [1.29, 1.82) is 0 Å². The molecule has 3 rings (SSSR count). The van der Waals surface area contributed by atoms with Crippen LogP contribution < -0.4 is 20.3 Å². The molecule has 0 radical (unpaired) electrons. The first kappa shape index (κ1) is 19.3. The lowest BCUT2D eigenvalue weighted by Crippen LogP contribution is -2.44. The summed E-state index contributed by atoms with van der Waals surface area (Å²) >= 11 is 0. The Bertz CT molecular complexity index is 981. The number of benzene rings is 2. The lowest BCUT2D eigenvalue weighted by Gasteiger charge is -2.10. The SMILES string of the molecule is CCOc1ccc2cc(C(=O)NNC(=O)COc3ccccc3CC)[nH]c2c1. The molecule has 0 bridgehead atoms. The Morgan fingerprint density at radius 1 is 1.00 bits per heavy atom. The summed E-state index contributed by atoms with van der Waals surface area (Å²) in [6, 6.07) is 14.8. The van der Waals surface area contributed by atoms with Crippen LogP contribution in [0.15, 0.2) is 48.5 Å². The number of rotatable bonds is 7. The van der Waals surface area contributed by atoms with Gasteiger partial charge in [0.05, 0.1) is 6.61 Å². The number of H-pyrrole nitrogens is 1. The molecule has 0 unspecified atom stereocenters. The molecule has 0 aliphatic rings. The summed E-state index contributed by atoms with van der Waals surface area (Å²) in [5.74, 6) is 0.485. The van der Waals surface area contributed by atoms with Gasteiger partial charge >= 0.3 is 0 Å². The van der Waals surface area contributed by atoms with Gasteiger partial charge in [-0.05, 0) is 43.2 Å². The van der Waals surface area contributed by atoms with Crippen LogP contribution in [0, 0.1) is 0 Å². The Balaban J connectivity index is 1.54. The Labute approximate surface area is 163 Å². The number of para-hydroxylation sites is 1. The van der Waals surface area contributed by atoms with E-state index in [1.807, 2.05) is 56.3 Å². The number of aryl methyl sites for hydroxylation is 1. The number of fused-ring (bicyclic) bond motifs is 1. The fourth-order valence-electron chi connectivity index (χ4n) is 2.79. The molecule has 2 amide bonds. The second-order valence-corrected chi connectivity index (χ2v) is 6.12. The summed E-state index contributed by atoms with van der Waals surface area (Å²) in [6.07, 6.45) is 0.805. The number of carbonyl (C=O) groups is 2. The maximum absolute atomic E-state index is 12.3. The fraction of sp³-hybridized carbons (Fsp3) is 0.238. The van der Waals surface area contributed by atoms with Crippen molar-refractivity contribution in [2.45, 2.75) is 20.3 Å². The molecular weight excluding hydrogens is 358 g/mol. The molecule has 0 fully saturated rings. The minimum Gasteiger partial charge on any atom is -0.494 e. The Hall–Kier alpha value is -3.48. The minimum atomic E-state index is -0.450. The first-order valence-electron chi connectivity index (χ1n) is 9.16. The van der Waals surface area contributed by atoms with Gasteiger partial charge in [-0.1, -0.05) is 25.1 Å². The van der Waals surface area contributed by atoms with Crippen LogP contribution in [0.2, 0.25) is 0 Å². The third-order valence-corrected chi connectivity index (χ3v) is 4.18. The van der Waals surface area contributed by atoms with Crippen molar-refractivity contribution in [3.05, 3.63) is 59.8 Å². The molecule has 1 aromatic heterocycles. The van der Waals surface area contributed by atoms with Gasteiger partial charge in [-0.3, -0.25) is 20.4 Å². The van der Waals surface area contributed by atoms with E-state index in [0.717, 1.165) is 28.6 Å². The molecule has 0 aliphatic heterocycles. The van der Waals surface area contributed by atoms with Gasteiger partial charge in [0.25, 0.3) is 11.8 Å². The highest BCUT2D eigenvalue weighted by Crippen LogP contribution is 2.21. The maximum atomic E-state index is 12.3. The van der Waals surface area contributed by atoms with E-state index in [1.54, 1.807) is 6.07 Å². The third kappa shape index (κ3) is 4.62. The summed E-state index contributed by atoms with van der Waals surface area (Å²) in [6.45, 7) is 4.29. The zero-order chi connectivity index (χ0) is 19.9. The van der Waals surface area contributed by atoms with Crippen LogP contribution in [-0.2, 0) is 11.2 Å². The minimum absolute atomic E-state index is 0.193. The van der Waals surface area contributed by atoms with Crippen LogP contribution in [0.4, 0.5) is 0 Å². The van der Waals surface area contributed by atoms with Gasteiger partial charge in [0.15, 0.2) is 6.61 Å². The van der Waals surface area contributed by atoms with Crippen molar-refractivity contribution in [3.8, 4) is 11.5 Å². The normalized spacial score (nSPS) is 10.5. The highest BCUT2D eigenvalue weighted by molar-refractivity contribution is 5.99. The van der Waals surface area contributed by atoms with Crippen LogP contribution in [-0.4, -0.2) is 30.0 Å². The molecule has 0 aliphatic carbocycles. The molecule has 2 aromatic carbocycles. The first-order valence-corrected chi connectivity index (χ1v) is 9.16. The molecule has 7 nitrogen and oxygen atoms in total. The lowest BCUT2D eigenvalue weighted by molar-refractivity contribution is -0.123. The third-order valence-electron chi connectivity index (χ3n) is 4.18. The van der Waals surface area contributed by atoms with Gasteiger partial charge in [0.1, 0.15) is 17.2 Å². The summed E-state index contributed by atoms with van der Waals surface area (Å²) in [4.78, 5) is 27.3. The number of ether oxygens (including phenoxy) is 2. The number of amides is 2. The van der Waals surface area contributed by atoms with E-state index < -0.39 is 11.8 Å². The van der Waals surface area contributed by atoms with E-state index in [4.69, 9.17) is 9.47 Å². The maximum Gasteiger partial charge on any atom is 0.286 e. The van der Waals surface area contributed by atoms with Gasteiger partial charge in [0, 0.05) is 17.0 Å². The molecule has 0 saturated heterocycles. The van der Waals surface area contributed by atoms with Crippen molar-refractivity contribution in [2.24, 2.45) is 0 Å². The number of nitrogens with one attached hydrogen (secondary N) is 3. The Kier molecular flexibility index (Phi) is 6.16. The van der Waals surface area contributed by atoms with E-state index >= 15 is 0 Å². The highest BCUT2D eigenvalue weighted by atomic mass is 16.5. The molecule has 3 N–H and O–H groups in total. The molecule has 0 atom stereocenters. The predicted octanol–water partition coefficient (Wildman–Crippen LogP) is 2.97. The molecule has 0 spiro atoms. The predicted molar refractivity (Wildman–Crippen MR) is 106 cm³/mol. The van der Waals surface area contributed by atoms with Crippen molar-refractivity contribution in [2.75, 3.05) is 13.2 Å². The van der Waals surface area contributed by atoms with Crippen molar-refractivity contribution < 1.29 is 19.1 Å². The molecule has 1 heterocycles. The summed E-state index contributed by atoms with van der Waals surface area (Å²) in [7, 11) is 0. The molecule has 0 saturated carbocycles. The Morgan fingerprint density at radius 3 is 2.61 bits per heavy atom. The fourth-order valence-corrected chi connectivity index (χ4v) is 2.79. The standard InChI is InChI=1S/C21H23N3O4/c1-3-14-7-5-6-8-19(14)28-13-20(25)23-24-21(26)18-11-15-9-10-16(27-4-2)12-17(15)22-18/h5-12,22H,3-4,13H2,1-2H3,(H,23,25)(H,24,26). The number of hydrazine groups is 1. The van der Waals surface area contributed by atoms with Crippen LogP contribution in [0.25, 0.3) is 10.9 Å². The molecule has 28 heavy (non-hydrogen) atoms. The van der Waals surface area contributed by atoms with E-state index in [0.29, 0.717) is 18.1 Å². The van der Waals surface area contributed by atoms with E-state index in [1.165, 1.54) is 0 Å². The number of aromatic amines is 1. The second-order valence-electron chi connectivity index (χ2n) is 6.12. The lowest BCUT2D eigenvalue weighted by atomic mass is 10.1. The van der Waals surface area contributed by atoms with Crippen LogP contribution in [0.3, 0.4) is 0 Å². The zero-order valence-electron chi connectivity index (χ0n) is 15.9. The number of carbonyl (C=O) groups excluding carboxylic acids is 2. The molecule has 146 valence electrons. The van der Waals surface area contributed by atoms with E-state index in [2.05, 4.69) is 15.8 Å². The van der Waals surface area contributed by atoms with Gasteiger partial charge in [-0.15, -0.1) is 0 Å². The summed E-state index contributed by atoms with van der Waals surface area (Å²) in [5, 5.41) is 0.874. The smallest absolute Gasteiger partial charge is 0.286 e. The van der Waals surface area contributed by atoms with Crippen molar-refractivity contribution in [1.82, 2.24) is 15.8 Å². The molecular formula is C21H23N3O4. The first-order chi connectivity index (χ1) is 13.6. The quantitative estimate of drug-likeness (QED) is 0.549. The number of hydrogen-bond donors (Lipinski definition) is 3. The van der Waals surface area contributed by atoms with Gasteiger partial charge in [0.2, 0.25) is 0 Å². The van der Waals surface area contributed by atoms with E-state index in [9.17, 15) is 9.59 Å². The van der Waals surface area contributed by atoms with Gasteiger partial charge in [-0.25, -0.2) is 0 Å².